The third-order valence-corrected chi connectivity index (χ3v) is 6.51. The van der Waals surface area contributed by atoms with Crippen molar-refractivity contribution in [3.8, 4) is 0 Å². The molecule has 3 fully saturated rings. The highest BCUT2D eigenvalue weighted by Gasteiger charge is 2.45. The van der Waals surface area contributed by atoms with Gasteiger partial charge in [-0.3, -0.25) is 9.59 Å². The lowest BCUT2D eigenvalue weighted by Gasteiger charge is -2.37. The Hall–Kier alpha value is -1.92. The Labute approximate surface area is 161 Å². The molecular formula is C21H30N4O2. The number of piperazine rings is 1. The molecule has 6 heteroatoms. The Morgan fingerprint density at radius 1 is 1.19 bits per heavy atom. The van der Waals surface area contributed by atoms with Crippen molar-refractivity contribution in [3.63, 3.8) is 0 Å². The van der Waals surface area contributed by atoms with Gasteiger partial charge in [0.15, 0.2) is 0 Å². The van der Waals surface area contributed by atoms with Crippen molar-refractivity contribution < 1.29 is 9.59 Å². The average Bonchev–Trinajstić information content (AvgIpc) is 3.00. The molecule has 6 nitrogen and oxygen atoms in total. The minimum Gasteiger partial charge on any atom is -0.338 e. The lowest BCUT2D eigenvalue weighted by atomic mass is 9.78. The zero-order valence-corrected chi connectivity index (χ0v) is 16.2. The highest BCUT2D eigenvalue weighted by molar-refractivity contribution is 5.86. The van der Waals surface area contributed by atoms with Crippen molar-refractivity contribution >= 4 is 11.8 Å². The number of rotatable bonds is 3. The molecule has 0 radical (unpaired) electrons. The molecule has 3 saturated heterocycles. The molecule has 1 aromatic carbocycles. The van der Waals surface area contributed by atoms with Crippen LogP contribution in [-0.2, 0) is 9.59 Å². The highest BCUT2D eigenvalue weighted by Crippen LogP contribution is 2.40. The van der Waals surface area contributed by atoms with Gasteiger partial charge in [-0.05, 0) is 44.0 Å². The molecule has 27 heavy (non-hydrogen) atoms. The Bertz CT molecular complexity index is 685. The average molecular weight is 370 g/mol. The van der Waals surface area contributed by atoms with Gasteiger partial charge >= 0.3 is 0 Å². The summed E-state index contributed by atoms with van der Waals surface area (Å²) in [4.78, 5) is 31.5. The van der Waals surface area contributed by atoms with Gasteiger partial charge in [0.25, 0.3) is 0 Å². The van der Waals surface area contributed by atoms with Crippen LogP contribution >= 0.6 is 0 Å². The van der Waals surface area contributed by atoms with E-state index in [9.17, 15) is 9.59 Å². The summed E-state index contributed by atoms with van der Waals surface area (Å²) in [5, 5.41) is 3.49. The molecule has 0 aliphatic carbocycles. The van der Waals surface area contributed by atoms with E-state index in [-0.39, 0.29) is 29.8 Å². The molecule has 0 saturated carbocycles. The van der Waals surface area contributed by atoms with Crippen LogP contribution in [0.4, 0.5) is 0 Å². The zero-order valence-electron chi connectivity index (χ0n) is 16.2. The largest absolute Gasteiger partial charge is 0.338 e. The van der Waals surface area contributed by atoms with Crippen LogP contribution in [0.1, 0.15) is 30.9 Å². The maximum atomic E-state index is 12.9. The van der Waals surface area contributed by atoms with Crippen molar-refractivity contribution in [2.75, 3.05) is 52.9 Å². The number of piperidine rings is 1. The van der Waals surface area contributed by atoms with Gasteiger partial charge in [-0.2, -0.15) is 0 Å². The van der Waals surface area contributed by atoms with Gasteiger partial charge in [0.2, 0.25) is 11.8 Å². The molecule has 3 aliphatic heterocycles. The second-order valence-corrected chi connectivity index (χ2v) is 8.49. The molecule has 1 N–H and O–H groups in total. The van der Waals surface area contributed by atoms with Crippen LogP contribution < -0.4 is 5.32 Å². The summed E-state index contributed by atoms with van der Waals surface area (Å²) in [7, 11) is 2.14. The SMILES string of the molecule is CN1CCC2(CC1)CC(=O)N(CC(=O)N1CCNC(c3ccccc3)C1)C2. The van der Waals surface area contributed by atoms with Crippen LogP contribution in [0.15, 0.2) is 30.3 Å². The fraction of sp³-hybridized carbons (Fsp3) is 0.619. The molecule has 146 valence electrons. The number of hydrogen-bond acceptors (Lipinski definition) is 4. The predicted molar refractivity (Wildman–Crippen MR) is 104 cm³/mol. The van der Waals surface area contributed by atoms with Gasteiger partial charge in [0.1, 0.15) is 0 Å². The van der Waals surface area contributed by atoms with E-state index in [2.05, 4.69) is 29.4 Å². The maximum absolute atomic E-state index is 12.9. The van der Waals surface area contributed by atoms with Crippen LogP contribution in [-0.4, -0.2) is 79.4 Å². The maximum Gasteiger partial charge on any atom is 0.242 e. The van der Waals surface area contributed by atoms with E-state index in [0.717, 1.165) is 39.0 Å². The third-order valence-electron chi connectivity index (χ3n) is 6.51. The molecule has 2 amide bonds. The van der Waals surface area contributed by atoms with Gasteiger partial charge in [0.05, 0.1) is 6.54 Å². The molecule has 4 rings (SSSR count). The summed E-state index contributed by atoms with van der Waals surface area (Å²) in [5.41, 5.74) is 1.30. The van der Waals surface area contributed by atoms with Crippen molar-refractivity contribution in [1.29, 1.82) is 0 Å². The number of likely N-dealkylation sites (tertiary alicyclic amines) is 2. The summed E-state index contributed by atoms with van der Waals surface area (Å²) in [6.45, 7) is 5.24. The van der Waals surface area contributed by atoms with E-state index in [1.165, 1.54) is 5.56 Å². The van der Waals surface area contributed by atoms with Crippen molar-refractivity contribution in [1.82, 2.24) is 20.0 Å². The molecule has 1 spiro atoms. The van der Waals surface area contributed by atoms with E-state index in [4.69, 9.17) is 0 Å². The second-order valence-electron chi connectivity index (χ2n) is 8.49. The first-order chi connectivity index (χ1) is 13.0. The van der Waals surface area contributed by atoms with Crippen molar-refractivity contribution in [3.05, 3.63) is 35.9 Å². The van der Waals surface area contributed by atoms with Crippen LogP contribution in [0.2, 0.25) is 0 Å². The summed E-state index contributed by atoms with van der Waals surface area (Å²) in [6, 6.07) is 10.4. The molecule has 1 unspecified atom stereocenters. The minimum atomic E-state index is 0.0794. The first-order valence-electron chi connectivity index (χ1n) is 10.1. The first kappa shape index (κ1) is 18.4. The summed E-state index contributed by atoms with van der Waals surface area (Å²) < 4.78 is 0. The van der Waals surface area contributed by atoms with E-state index in [1.54, 1.807) is 0 Å². The zero-order chi connectivity index (χ0) is 18.9. The number of nitrogens with one attached hydrogen (secondary N) is 1. The quantitative estimate of drug-likeness (QED) is 0.866. The molecule has 3 heterocycles. The Morgan fingerprint density at radius 2 is 1.93 bits per heavy atom. The summed E-state index contributed by atoms with van der Waals surface area (Å²) >= 11 is 0. The first-order valence-corrected chi connectivity index (χ1v) is 10.1. The lowest BCUT2D eigenvalue weighted by Crippen LogP contribution is -2.51. The minimum absolute atomic E-state index is 0.0794. The lowest BCUT2D eigenvalue weighted by molar-refractivity contribution is -0.139. The normalized spacial score (nSPS) is 26.0. The highest BCUT2D eigenvalue weighted by atomic mass is 16.2. The van der Waals surface area contributed by atoms with E-state index in [1.807, 2.05) is 28.0 Å². The number of carbonyl (C=O) groups is 2. The topological polar surface area (TPSA) is 55.9 Å². The smallest absolute Gasteiger partial charge is 0.242 e. The van der Waals surface area contributed by atoms with E-state index >= 15 is 0 Å². The molecule has 1 atom stereocenters. The second kappa shape index (κ2) is 7.60. The van der Waals surface area contributed by atoms with E-state index < -0.39 is 0 Å². The predicted octanol–water partition coefficient (Wildman–Crippen LogP) is 1.10. The number of nitrogens with zero attached hydrogens (tertiary/aromatic N) is 3. The Morgan fingerprint density at radius 3 is 2.67 bits per heavy atom. The molecule has 1 aromatic rings. The van der Waals surface area contributed by atoms with Gasteiger partial charge in [-0.1, -0.05) is 30.3 Å². The van der Waals surface area contributed by atoms with Gasteiger partial charge in [0, 0.05) is 38.6 Å². The summed E-state index contributed by atoms with van der Waals surface area (Å²) in [6.07, 6.45) is 2.73. The van der Waals surface area contributed by atoms with Crippen LogP contribution in [0.3, 0.4) is 0 Å². The van der Waals surface area contributed by atoms with Crippen LogP contribution in [0.25, 0.3) is 0 Å². The van der Waals surface area contributed by atoms with E-state index in [0.29, 0.717) is 19.5 Å². The number of benzene rings is 1. The van der Waals surface area contributed by atoms with Gasteiger partial charge in [-0.15, -0.1) is 0 Å². The number of carbonyl (C=O) groups excluding carboxylic acids is 2. The number of amides is 2. The van der Waals surface area contributed by atoms with Crippen LogP contribution in [0.5, 0.6) is 0 Å². The van der Waals surface area contributed by atoms with Crippen molar-refractivity contribution in [2.45, 2.75) is 25.3 Å². The fourth-order valence-electron chi connectivity index (χ4n) is 4.70. The molecule has 0 aromatic heterocycles. The molecule has 3 aliphatic rings. The fourth-order valence-corrected chi connectivity index (χ4v) is 4.70. The van der Waals surface area contributed by atoms with Crippen LogP contribution in [0, 0.1) is 5.41 Å². The molecular weight excluding hydrogens is 340 g/mol. The Kier molecular flexibility index (Phi) is 5.19. The Balaban J connectivity index is 1.35. The third kappa shape index (κ3) is 4.01. The van der Waals surface area contributed by atoms with Gasteiger partial charge < -0.3 is 20.0 Å². The molecule has 0 bridgehead atoms. The standard InChI is InChI=1S/C21H30N4O2/c1-23-10-7-21(8-11-23)13-19(26)25(16-21)15-20(27)24-12-9-22-18(14-24)17-5-3-2-4-6-17/h2-6,18,22H,7-16H2,1H3. The van der Waals surface area contributed by atoms with Crippen molar-refractivity contribution in [2.24, 2.45) is 5.41 Å². The van der Waals surface area contributed by atoms with Gasteiger partial charge in [-0.25, -0.2) is 0 Å². The number of hydrogen-bond donors (Lipinski definition) is 1. The monoisotopic (exact) mass is 370 g/mol. The summed E-state index contributed by atoms with van der Waals surface area (Å²) in [5.74, 6) is 0.235.